The molecule has 0 N–H and O–H groups in total. The van der Waals surface area contributed by atoms with Crippen molar-refractivity contribution in [1.82, 2.24) is 0 Å². The monoisotopic (exact) mass is 136 g/mol. The predicted octanol–water partition coefficient (Wildman–Crippen LogP) is 2.26. The maximum absolute atomic E-state index is 5.49. The van der Waals surface area contributed by atoms with E-state index in [2.05, 4.69) is 18.2 Å². The summed E-state index contributed by atoms with van der Waals surface area (Å²) in [6.45, 7) is 0.927. The van der Waals surface area contributed by atoms with Crippen molar-refractivity contribution in [1.29, 1.82) is 0 Å². The first-order chi connectivity index (χ1) is 4.97. The van der Waals surface area contributed by atoms with E-state index in [1.54, 1.807) is 0 Å². The van der Waals surface area contributed by atoms with Gasteiger partial charge in [-0.25, -0.2) is 0 Å². The summed E-state index contributed by atoms with van der Waals surface area (Å²) in [5.74, 6) is 1.92. The first kappa shape index (κ1) is 6.02. The summed E-state index contributed by atoms with van der Waals surface area (Å²) in [6.07, 6.45) is 10.2. The molecule has 54 valence electrons. The Kier molecular flexibility index (Phi) is 1.50. The molecule has 10 heavy (non-hydrogen) atoms. The lowest BCUT2D eigenvalue weighted by atomic mass is 9.92. The van der Waals surface area contributed by atoms with Gasteiger partial charge in [-0.1, -0.05) is 12.2 Å². The summed E-state index contributed by atoms with van der Waals surface area (Å²) in [5, 5.41) is 0. The molecule has 0 amide bonds. The fourth-order valence-electron chi connectivity index (χ4n) is 1.60. The summed E-state index contributed by atoms with van der Waals surface area (Å²) in [6, 6.07) is 0. The average Bonchev–Trinajstić information content (AvgIpc) is 2.05. The van der Waals surface area contributed by atoms with Crippen LogP contribution < -0.4 is 0 Å². The summed E-state index contributed by atoms with van der Waals surface area (Å²) in [5.41, 5.74) is 0. The second-order valence-corrected chi connectivity index (χ2v) is 2.92. The van der Waals surface area contributed by atoms with Crippen LogP contribution in [0.1, 0.15) is 19.3 Å². The van der Waals surface area contributed by atoms with Crippen LogP contribution in [0.3, 0.4) is 0 Å². The van der Waals surface area contributed by atoms with Gasteiger partial charge in [-0.3, -0.25) is 0 Å². The lowest BCUT2D eigenvalue weighted by Gasteiger charge is -2.26. The van der Waals surface area contributed by atoms with Crippen molar-refractivity contribution in [2.75, 3.05) is 6.61 Å². The molecule has 1 aliphatic heterocycles. The van der Waals surface area contributed by atoms with E-state index in [0.717, 1.165) is 6.61 Å². The fourth-order valence-corrected chi connectivity index (χ4v) is 1.60. The van der Waals surface area contributed by atoms with E-state index in [1.165, 1.54) is 25.0 Å². The third-order valence-electron chi connectivity index (χ3n) is 2.19. The Morgan fingerprint density at radius 1 is 1.50 bits per heavy atom. The summed E-state index contributed by atoms with van der Waals surface area (Å²) >= 11 is 0. The topological polar surface area (TPSA) is 9.23 Å². The highest BCUT2D eigenvalue weighted by Crippen LogP contribution is 2.29. The van der Waals surface area contributed by atoms with E-state index >= 15 is 0 Å². The van der Waals surface area contributed by atoms with Crippen LogP contribution in [0.2, 0.25) is 0 Å². The van der Waals surface area contributed by atoms with Gasteiger partial charge >= 0.3 is 0 Å². The van der Waals surface area contributed by atoms with E-state index < -0.39 is 0 Å². The van der Waals surface area contributed by atoms with E-state index in [9.17, 15) is 0 Å². The number of hydrogen-bond donors (Lipinski definition) is 0. The molecule has 1 aliphatic carbocycles. The smallest absolute Gasteiger partial charge is 0.0993 e. The first-order valence-electron chi connectivity index (χ1n) is 3.96. The summed E-state index contributed by atoms with van der Waals surface area (Å²) < 4.78 is 5.49. The maximum Gasteiger partial charge on any atom is 0.0993 e. The van der Waals surface area contributed by atoms with Gasteiger partial charge in [-0.05, 0) is 25.3 Å². The van der Waals surface area contributed by atoms with Crippen LogP contribution in [-0.2, 0) is 4.74 Å². The first-order valence-corrected chi connectivity index (χ1v) is 3.96. The van der Waals surface area contributed by atoms with Crippen molar-refractivity contribution in [3.05, 3.63) is 24.0 Å². The molecule has 1 heterocycles. The third kappa shape index (κ3) is 0.962. The van der Waals surface area contributed by atoms with Crippen LogP contribution in [0.15, 0.2) is 24.0 Å². The number of ether oxygens (including phenoxy) is 1. The molecule has 1 atom stereocenters. The quantitative estimate of drug-likeness (QED) is 0.496. The zero-order valence-corrected chi connectivity index (χ0v) is 6.05. The largest absolute Gasteiger partial charge is 0.498 e. The molecule has 0 aromatic carbocycles. The predicted molar refractivity (Wildman–Crippen MR) is 40.5 cm³/mol. The lowest BCUT2D eigenvalue weighted by molar-refractivity contribution is 0.127. The van der Waals surface area contributed by atoms with Gasteiger partial charge in [0, 0.05) is 5.92 Å². The Bertz CT molecular complexity index is 179. The maximum atomic E-state index is 5.49. The molecule has 0 bridgehead atoms. The van der Waals surface area contributed by atoms with Gasteiger partial charge in [0.15, 0.2) is 0 Å². The molecule has 1 unspecified atom stereocenters. The van der Waals surface area contributed by atoms with Gasteiger partial charge in [-0.2, -0.15) is 0 Å². The van der Waals surface area contributed by atoms with E-state index in [4.69, 9.17) is 4.74 Å². The minimum Gasteiger partial charge on any atom is -0.498 e. The lowest BCUT2D eigenvalue weighted by Crippen LogP contribution is -2.15. The Hall–Kier alpha value is -0.720. The molecular formula is C9H12O. The zero-order chi connectivity index (χ0) is 6.81. The minimum absolute atomic E-state index is 0.707. The van der Waals surface area contributed by atoms with Crippen molar-refractivity contribution in [2.24, 2.45) is 5.92 Å². The van der Waals surface area contributed by atoms with Crippen LogP contribution in [0, 0.1) is 5.92 Å². The van der Waals surface area contributed by atoms with E-state index in [1.807, 2.05) is 0 Å². The second kappa shape index (κ2) is 2.49. The SMILES string of the molecule is C1=CCC2CCCOC2=C1. The number of fused-ring (bicyclic) bond motifs is 1. The molecule has 2 rings (SSSR count). The van der Waals surface area contributed by atoms with E-state index in [0.29, 0.717) is 5.92 Å². The second-order valence-electron chi connectivity index (χ2n) is 2.92. The van der Waals surface area contributed by atoms with Crippen molar-refractivity contribution in [2.45, 2.75) is 19.3 Å². The van der Waals surface area contributed by atoms with Crippen molar-refractivity contribution in [3.8, 4) is 0 Å². The van der Waals surface area contributed by atoms with Gasteiger partial charge in [-0.15, -0.1) is 0 Å². The molecule has 0 saturated carbocycles. The molecule has 1 saturated heterocycles. The molecule has 2 aliphatic rings. The molecular weight excluding hydrogens is 124 g/mol. The van der Waals surface area contributed by atoms with Gasteiger partial charge in [0.25, 0.3) is 0 Å². The number of rotatable bonds is 0. The molecule has 0 radical (unpaired) electrons. The van der Waals surface area contributed by atoms with Crippen LogP contribution >= 0.6 is 0 Å². The van der Waals surface area contributed by atoms with Gasteiger partial charge in [0.1, 0.15) is 0 Å². The molecule has 1 fully saturated rings. The van der Waals surface area contributed by atoms with Gasteiger partial charge in [0.2, 0.25) is 0 Å². The Labute approximate surface area is 61.4 Å². The fraction of sp³-hybridized carbons (Fsp3) is 0.556. The highest BCUT2D eigenvalue weighted by Gasteiger charge is 2.19. The Morgan fingerprint density at radius 2 is 2.50 bits per heavy atom. The normalized spacial score (nSPS) is 30.4. The molecule has 0 aromatic rings. The molecule has 1 heteroatoms. The van der Waals surface area contributed by atoms with Crippen molar-refractivity contribution < 1.29 is 4.74 Å². The third-order valence-corrected chi connectivity index (χ3v) is 2.19. The standard InChI is InChI=1S/C9H12O/c1-2-6-9-8(4-1)5-3-7-10-9/h1-2,6,8H,3-5,7H2. The molecule has 1 nitrogen and oxygen atoms in total. The average molecular weight is 136 g/mol. The summed E-state index contributed by atoms with van der Waals surface area (Å²) in [7, 11) is 0. The van der Waals surface area contributed by atoms with Crippen LogP contribution in [-0.4, -0.2) is 6.61 Å². The highest BCUT2D eigenvalue weighted by atomic mass is 16.5. The number of hydrogen-bond acceptors (Lipinski definition) is 1. The van der Waals surface area contributed by atoms with E-state index in [-0.39, 0.29) is 0 Å². The van der Waals surface area contributed by atoms with Gasteiger partial charge in [0.05, 0.1) is 12.4 Å². The minimum atomic E-state index is 0.707. The van der Waals surface area contributed by atoms with Crippen molar-refractivity contribution >= 4 is 0 Å². The number of allylic oxidation sites excluding steroid dienone is 4. The van der Waals surface area contributed by atoms with Crippen LogP contribution in [0.5, 0.6) is 0 Å². The Balaban J connectivity index is 2.14. The van der Waals surface area contributed by atoms with Crippen molar-refractivity contribution in [3.63, 3.8) is 0 Å². The highest BCUT2D eigenvalue weighted by molar-refractivity contribution is 5.17. The van der Waals surface area contributed by atoms with Gasteiger partial charge < -0.3 is 4.74 Å². The molecule has 0 spiro atoms. The van der Waals surface area contributed by atoms with Crippen LogP contribution in [0.4, 0.5) is 0 Å². The Morgan fingerprint density at radius 3 is 3.40 bits per heavy atom. The molecule has 0 aromatic heterocycles. The zero-order valence-electron chi connectivity index (χ0n) is 6.05. The summed E-state index contributed by atoms with van der Waals surface area (Å²) in [4.78, 5) is 0. The van der Waals surface area contributed by atoms with Crippen LogP contribution in [0.25, 0.3) is 0 Å².